The molecule has 7 nitrogen and oxygen atoms in total. The van der Waals surface area contributed by atoms with Gasteiger partial charge in [-0.15, -0.1) is 0 Å². The van der Waals surface area contributed by atoms with Gasteiger partial charge in [-0.25, -0.2) is 8.42 Å². The minimum absolute atomic E-state index is 0.0563. The van der Waals surface area contributed by atoms with Gasteiger partial charge in [-0.1, -0.05) is 53.5 Å². The third kappa shape index (κ3) is 6.11. The maximum atomic E-state index is 13.3. The highest BCUT2D eigenvalue weighted by atomic mass is 35.5. The Morgan fingerprint density at radius 3 is 2.11 bits per heavy atom. The summed E-state index contributed by atoms with van der Waals surface area (Å²) in [7, 11) is -2.79. The third-order valence-electron chi connectivity index (χ3n) is 5.34. The first kappa shape index (κ1) is 26.2. The number of benzene rings is 4. The fourth-order valence-corrected chi connectivity index (χ4v) is 4.89. The maximum absolute atomic E-state index is 13.3. The van der Waals surface area contributed by atoms with E-state index in [1.807, 2.05) is 0 Å². The minimum Gasteiger partial charge on any atom is -0.495 e. The van der Waals surface area contributed by atoms with Crippen molar-refractivity contribution in [2.45, 2.75) is 4.90 Å². The van der Waals surface area contributed by atoms with E-state index in [-0.39, 0.29) is 32.6 Å². The highest BCUT2D eigenvalue weighted by Crippen LogP contribution is 2.31. The Bertz CT molecular complexity index is 1570. The molecule has 0 heterocycles. The number of carbonyl (C=O) groups excluding carboxylic acids is 2. The van der Waals surface area contributed by atoms with Gasteiger partial charge >= 0.3 is 0 Å². The number of ether oxygens (including phenoxy) is 1. The summed E-state index contributed by atoms with van der Waals surface area (Å²) in [5, 5.41) is 3.41. The van der Waals surface area contributed by atoms with Crippen LogP contribution in [-0.4, -0.2) is 27.2 Å². The number of amides is 1. The van der Waals surface area contributed by atoms with Crippen molar-refractivity contribution in [2.24, 2.45) is 0 Å². The smallest absolute Gasteiger partial charge is 0.261 e. The molecule has 4 aromatic carbocycles. The Morgan fingerprint density at radius 1 is 0.757 bits per heavy atom. The summed E-state index contributed by atoms with van der Waals surface area (Å²) < 4.78 is 34.4. The maximum Gasteiger partial charge on any atom is 0.261 e. The molecule has 10 heteroatoms. The number of sulfonamides is 1. The molecule has 0 aliphatic carbocycles. The van der Waals surface area contributed by atoms with E-state index in [2.05, 4.69) is 10.0 Å². The second kappa shape index (κ2) is 11.0. The largest absolute Gasteiger partial charge is 0.495 e. The average Bonchev–Trinajstić information content (AvgIpc) is 2.90. The first-order valence-electron chi connectivity index (χ1n) is 10.8. The van der Waals surface area contributed by atoms with Gasteiger partial charge in [0.15, 0.2) is 5.78 Å². The number of methoxy groups -OCH3 is 1. The fraction of sp³-hybridized carbons (Fsp3) is 0.0370. The van der Waals surface area contributed by atoms with Gasteiger partial charge in [0.05, 0.1) is 23.4 Å². The molecule has 0 aliphatic rings. The second-order valence-corrected chi connectivity index (χ2v) is 10.4. The lowest BCUT2D eigenvalue weighted by molar-refractivity contribution is 0.102. The van der Waals surface area contributed by atoms with Gasteiger partial charge in [0.2, 0.25) is 0 Å². The number of carbonyl (C=O) groups is 2. The van der Waals surface area contributed by atoms with Crippen LogP contribution in [-0.2, 0) is 10.0 Å². The van der Waals surface area contributed by atoms with Crippen LogP contribution in [0.2, 0.25) is 10.0 Å². The molecule has 0 radical (unpaired) electrons. The Balaban J connectivity index is 1.66. The van der Waals surface area contributed by atoms with Crippen LogP contribution in [0.5, 0.6) is 5.75 Å². The Kier molecular flexibility index (Phi) is 7.83. The zero-order chi connectivity index (χ0) is 26.6. The standard InChI is InChI=1S/C27H20Cl2N2O5S/c1-36-25-14-12-21(16-24(25)30-27(33)18-7-9-19(28)10-8-18)37(34,35)31-23-13-11-20(29)15-22(23)26(32)17-5-3-2-4-6-17/h2-16,31H,1H3,(H,30,33). The molecule has 0 saturated heterocycles. The Labute approximate surface area is 224 Å². The normalized spacial score (nSPS) is 11.0. The van der Waals surface area contributed by atoms with Gasteiger partial charge in [0.1, 0.15) is 5.75 Å². The van der Waals surface area contributed by atoms with Gasteiger partial charge in [-0.3, -0.25) is 14.3 Å². The molecule has 0 atom stereocenters. The lowest BCUT2D eigenvalue weighted by Crippen LogP contribution is -2.17. The van der Waals surface area contributed by atoms with Gasteiger partial charge < -0.3 is 10.1 Å². The van der Waals surface area contributed by atoms with Crippen molar-refractivity contribution >= 4 is 56.3 Å². The van der Waals surface area contributed by atoms with E-state index >= 15 is 0 Å². The molecular weight excluding hydrogens is 535 g/mol. The highest BCUT2D eigenvalue weighted by molar-refractivity contribution is 7.92. The molecule has 37 heavy (non-hydrogen) atoms. The van der Waals surface area contributed by atoms with Crippen LogP contribution in [0.15, 0.2) is 95.9 Å². The molecule has 0 unspecified atom stereocenters. The molecule has 0 saturated carbocycles. The minimum atomic E-state index is -4.19. The van der Waals surface area contributed by atoms with E-state index in [1.54, 1.807) is 42.5 Å². The lowest BCUT2D eigenvalue weighted by Gasteiger charge is -2.15. The molecule has 1 amide bonds. The average molecular weight is 555 g/mol. The van der Waals surface area contributed by atoms with E-state index in [1.165, 1.54) is 55.6 Å². The summed E-state index contributed by atoms with van der Waals surface area (Å²) in [5.41, 5.74) is 0.986. The molecular formula is C27H20Cl2N2O5S. The molecule has 0 bridgehead atoms. The van der Waals surface area contributed by atoms with Crippen LogP contribution in [0.4, 0.5) is 11.4 Å². The van der Waals surface area contributed by atoms with E-state index in [9.17, 15) is 18.0 Å². The molecule has 0 aliphatic heterocycles. The quantitative estimate of drug-likeness (QED) is 0.249. The number of rotatable bonds is 8. The van der Waals surface area contributed by atoms with E-state index in [0.717, 1.165) is 0 Å². The van der Waals surface area contributed by atoms with Crippen molar-refractivity contribution in [1.29, 1.82) is 0 Å². The summed E-state index contributed by atoms with van der Waals surface area (Å²) in [4.78, 5) is 25.6. The molecule has 4 rings (SSSR count). The zero-order valence-corrected chi connectivity index (χ0v) is 21.7. The topological polar surface area (TPSA) is 102 Å². The van der Waals surface area contributed by atoms with Crippen molar-refractivity contribution in [2.75, 3.05) is 17.1 Å². The van der Waals surface area contributed by atoms with Crippen LogP contribution >= 0.6 is 23.2 Å². The van der Waals surface area contributed by atoms with Crippen LogP contribution in [0.25, 0.3) is 0 Å². The molecule has 0 spiro atoms. The molecule has 188 valence electrons. The van der Waals surface area contributed by atoms with Crippen LogP contribution < -0.4 is 14.8 Å². The van der Waals surface area contributed by atoms with Crippen LogP contribution in [0, 0.1) is 0 Å². The predicted octanol–water partition coefficient (Wildman–Crippen LogP) is 6.29. The van der Waals surface area contributed by atoms with Crippen molar-refractivity contribution in [1.82, 2.24) is 0 Å². The number of ketones is 1. The Hall–Kier alpha value is -3.85. The Morgan fingerprint density at radius 2 is 1.43 bits per heavy atom. The molecule has 0 fully saturated rings. The summed E-state index contributed by atoms with van der Waals surface area (Å²) in [6, 6.07) is 23.0. The summed E-state index contributed by atoms with van der Waals surface area (Å²) in [6.07, 6.45) is 0. The van der Waals surface area contributed by atoms with Crippen LogP contribution in [0.1, 0.15) is 26.3 Å². The van der Waals surface area contributed by atoms with Crippen LogP contribution in [0.3, 0.4) is 0 Å². The van der Waals surface area contributed by atoms with Crippen molar-refractivity contribution in [3.63, 3.8) is 0 Å². The first-order valence-corrected chi connectivity index (χ1v) is 13.1. The van der Waals surface area contributed by atoms with E-state index < -0.39 is 21.7 Å². The van der Waals surface area contributed by atoms with E-state index in [0.29, 0.717) is 16.1 Å². The second-order valence-electron chi connectivity index (χ2n) is 7.81. The highest BCUT2D eigenvalue weighted by Gasteiger charge is 2.22. The molecule has 0 aromatic heterocycles. The fourth-order valence-electron chi connectivity index (χ4n) is 3.49. The first-order chi connectivity index (χ1) is 17.7. The zero-order valence-electron chi connectivity index (χ0n) is 19.4. The SMILES string of the molecule is COc1ccc(S(=O)(=O)Nc2ccc(Cl)cc2C(=O)c2ccccc2)cc1NC(=O)c1ccc(Cl)cc1. The lowest BCUT2D eigenvalue weighted by atomic mass is 10.0. The summed E-state index contributed by atoms with van der Waals surface area (Å²) in [5.74, 6) is -0.620. The molecule has 2 N–H and O–H groups in total. The number of nitrogens with one attached hydrogen (secondary N) is 2. The van der Waals surface area contributed by atoms with Crippen molar-refractivity contribution in [3.8, 4) is 5.75 Å². The van der Waals surface area contributed by atoms with Gasteiger partial charge in [-0.2, -0.15) is 0 Å². The van der Waals surface area contributed by atoms with Crippen molar-refractivity contribution in [3.05, 3.63) is 118 Å². The van der Waals surface area contributed by atoms with Gasteiger partial charge in [0.25, 0.3) is 15.9 Å². The number of halogens is 2. The van der Waals surface area contributed by atoms with Gasteiger partial charge in [0, 0.05) is 26.7 Å². The predicted molar refractivity (Wildman–Crippen MR) is 145 cm³/mol. The van der Waals surface area contributed by atoms with Crippen molar-refractivity contribution < 1.29 is 22.7 Å². The monoisotopic (exact) mass is 554 g/mol. The number of hydrogen-bond donors (Lipinski definition) is 2. The third-order valence-corrected chi connectivity index (χ3v) is 7.19. The van der Waals surface area contributed by atoms with Gasteiger partial charge in [-0.05, 0) is 60.7 Å². The van der Waals surface area contributed by atoms with E-state index in [4.69, 9.17) is 27.9 Å². The molecule has 4 aromatic rings. The summed E-state index contributed by atoms with van der Waals surface area (Å²) in [6.45, 7) is 0. The number of hydrogen-bond acceptors (Lipinski definition) is 5. The summed E-state index contributed by atoms with van der Waals surface area (Å²) >= 11 is 12.0. The number of anilines is 2.